The van der Waals surface area contributed by atoms with E-state index in [0.29, 0.717) is 0 Å². The molecule has 0 saturated heterocycles. The monoisotopic (exact) mass is 187 g/mol. The van der Waals surface area contributed by atoms with E-state index in [-0.39, 0.29) is 0 Å². The predicted octanol–water partition coefficient (Wildman–Crippen LogP) is 3.38. The van der Waals surface area contributed by atoms with Gasteiger partial charge in [-0.2, -0.15) is 0 Å². The van der Waals surface area contributed by atoms with Gasteiger partial charge >= 0.3 is 0 Å². The summed E-state index contributed by atoms with van der Waals surface area (Å²) in [5, 5.41) is 0. The lowest BCUT2D eigenvalue weighted by atomic mass is 9.98. The summed E-state index contributed by atoms with van der Waals surface area (Å²) < 4.78 is 0. The SMILES string of the molecule is C=C(CC)C(=NC)c1ccccc1C. The minimum Gasteiger partial charge on any atom is -0.288 e. The lowest BCUT2D eigenvalue weighted by Crippen LogP contribution is -2.05. The average molecular weight is 187 g/mol. The summed E-state index contributed by atoms with van der Waals surface area (Å²) in [6.07, 6.45) is 0.945. The van der Waals surface area contributed by atoms with Crippen molar-refractivity contribution < 1.29 is 0 Å². The van der Waals surface area contributed by atoms with Crippen LogP contribution in [0.1, 0.15) is 24.5 Å². The molecule has 1 rings (SSSR count). The molecule has 0 fully saturated rings. The Labute approximate surface area is 86.2 Å². The molecule has 0 atom stereocenters. The smallest absolute Gasteiger partial charge is 0.0671 e. The summed E-state index contributed by atoms with van der Waals surface area (Å²) in [5.74, 6) is 0. The quantitative estimate of drug-likeness (QED) is 0.643. The fourth-order valence-corrected chi connectivity index (χ4v) is 1.48. The van der Waals surface area contributed by atoms with E-state index in [1.54, 1.807) is 0 Å². The zero-order valence-electron chi connectivity index (χ0n) is 9.17. The van der Waals surface area contributed by atoms with E-state index in [1.165, 1.54) is 11.1 Å². The Morgan fingerprint density at radius 2 is 2.00 bits per heavy atom. The van der Waals surface area contributed by atoms with Crippen molar-refractivity contribution in [1.82, 2.24) is 0 Å². The second kappa shape index (κ2) is 4.75. The Morgan fingerprint density at radius 3 is 2.50 bits per heavy atom. The topological polar surface area (TPSA) is 12.4 Å². The molecule has 0 heterocycles. The normalized spacial score (nSPS) is 11.5. The molecule has 0 aliphatic rings. The molecule has 0 radical (unpaired) electrons. The molecule has 74 valence electrons. The van der Waals surface area contributed by atoms with E-state index >= 15 is 0 Å². The molecular formula is C13H17N. The number of allylic oxidation sites excluding steroid dienone is 1. The van der Waals surface area contributed by atoms with Crippen molar-refractivity contribution >= 4 is 5.71 Å². The molecule has 0 unspecified atom stereocenters. The van der Waals surface area contributed by atoms with Crippen molar-refractivity contribution in [2.45, 2.75) is 20.3 Å². The van der Waals surface area contributed by atoms with Crippen LogP contribution in [0.4, 0.5) is 0 Å². The first-order valence-electron chi connectivity index (χ1n) is 4.91. The van der Waals surface area contributed by atoms with Crippen LogP contribution in [0.2, 0.25) is 0 Å². The standard InChI is InChI=1S/C13H17N/c1-5-10(2)13(14-4)12-9-7-6-8-11(12)3/h6-9H,2,5H2,1,3-4H3. The Hall–Kier alpha value is -1.37. The maximum absolute atomic E-state index is 4.31. The lowest BCUT2D eigenvalue weighted by Gasteiger charge is -2.09. The first-order valence-corrected chi connectivity index (χ1v) is 4.91. The first kappa shape index (κ1) is 10.7. The van der Waals surface area contributed by atoms with Gasteiger partial charge in [0.25, 0.3) is 0 Å². The molecule has 0 saturated carbocycles. The number of benzene rings is 1. The van der Waals surface area contributed by atoms with Crippen molar-refractivity contribution in [2.24, 2.45) is 4.99 Å². The van der Waals surface area contributed by atoms with Gasteiger partial charge in [-0.1, -0.05) is 37.8 Å². The molecule has 0 spiro atoms. The van der Waals surface area contributed by atoms with Crippen LogP contribution >= 0.6 is 0 Å². The van der Waals surface area contributed by atoms with Crippen LogP contribution in [-0.4, -0.2) is 12.8 Å². The molecule has 0 amide bonds. The Kier molecular flexibility index (Phi) is 3.63. The molecule has 0 aliphatic heterocycles. The van der Waals surface area contributed by atoms with Gasteiger partial charge in [-0.3, -0.25) is 4.99 Å². The Bertz CT molecular complexity index is 361. The summed E-state index contributed by atoms with van der Waals surface area (Å²) in [6.45, 7) is 8.23. The summed E-state index contributed by atoms with van der Waals surface area (Å²) in [4.78, 5) is 4.31. The van der Waals surface area contributed by atoms with E-state index in [1.807, 2.05) is 19.2 Å². The highest BCUT2D eigenvalue weighted by atomic mass is 14.7. The van der Waals surface area contributed by atoms with Crippen LogP contribution in [0.3, 0.4) is 0 Å². The largest absolute Gasteiger partial charge is 0.288 e. The fourth-order valence-electron chi connectivity index (χ4n) is 1.48. The van der Waals surface area contributed by atoms with Crippen LogP contribution in [0.5, 0.6) is 0 Å². The number of aryl methyl sites for hydroxylation is 1. The number of nitrogens with zero attached hydrogens (tertiary/aromatic N) is 1. The van der Waals surface area contributed by atoms with Gasteiger partial charge in [0.2, 0.25) is 0 Å². The Balaban J connectivity index is 3.15. The highest BCUT2D eigenvalue weighted by Gasteiger charge is 2.07. The Morgan fingerprint density at radius 1 is 1.36 bits per heavy atom. The van der Waals surface area contributed by atoms with Crippen LogP contribution < -0.4 is 0 Å². The minimum absolute atomic E-state index is 0.945. The summed E-state index contributed by atoms with van der Waals surface area (Å²) in [6, 6.07) is 8.28. The second-order valence-corrected chi connectivity index (χ2v) is 3.34. The third kappa shape index (κ3) is 2.11. The third-order valence-electron chi connectivity index (χ3n) is 2.39. The van der Waals surface area contributed by atoms with Gasteiger partial charge in [0.15, 0.2) is 0 Å². The molecular weight excluding hydrogens is 170 g/mol. The first-order chi connectivity index (χ1) is 6.70. The number of hydrogen-bond acceptors (Lipinski definition) is 1. The van der Waals surface area contributed by atoms with E-state index in [9.17, 15) is 0 Å². The molecule has 0 aliphatic carbocycles. The molecule has 0 aromatic heterocycles. The predicted molar refractivity (Wildman–Crippen MR) is 63.1 cm³/mol. The summed E-state index contributed by atoms with van der Waals surface area (Å²) >= 11 is 0. The fraction of sp³-hybridized carbons (Fsp3) is 0.308. The third-order valence-corrected chi connectivity index (χ3v) is 2.39. The molecule has 1 aromatic rings. The van der Waals surface area contributed by atoms with E-state index in [2.05, 4.69) is 37.6 Å². The van der Waals surface area contributed by atoms with E-state index < -0.39 is 0 Å². The minimum atomic E-state index is 0.945. The van der Waals surface area contributed by atoms with Crippen molar-refractivity contribution in [3.8, 4) is 0 Å². The van der Waals surface area contributed by atoms with E-state index in [4.69, 9.17) is 0 Å². The maximum atomic E-state index is 4.31. The van der Waals surface area contributed by atoms with Gasteiger partial charge in [0.1, 0.15) is 0 Å². The maximum Gasteiger partial charge on any atom is 0.0671 e. The van der Waals surface area contributed by atoms with Crippen LogP contribution in [-0.2, 0) is 0 Å². The summed E-state index contributed by atoms with van der Waals surface area (Å²) in [5.41, 5.74) is 4.58. The van der Waals surface area contributed by atoms with E-state index in [0.717, 1.165) is 17.7 Å². The number of hydrogen-bond donors (Lipinski definition) is 0. The highest BCUT2D eigenvalue weighted by molar-refractivity contribution is 6.12. The van der Waals surface area contributed by atoms with Gasteiger partial charge < -0.3 is 0 Å². The van der Waals surface area contributed by atoms with Crippen LogP contribution in [0.15, 0.2) is 41.4 Å². The molecule has 1 heteroatoms. The van der Waals surface area contributed by atoms with Gasteiger partial charge in [0, 0.05) is 12.6 Å². The second-order valence-electron chi connectivity index (χ2n) is 3.34. The van der Waals surface area contributed by atoms with Crippen molar-refractivity contribution in [2.75, 3.05) is 7.05 Å². The van der Waals surface area contributed by atoms with Crippen LogP contribution in [0.25, 0.3) is 0 Å². The van der Waals surface area contributed by atoms with Gasteiger partial charge in [0.05, 0.1) is 5.71 Å². The van der Waals surface area contributed by atoms with Gasteiger partial charge in [-0.15, -0.1) is 0 Å². The van der Waals surface area contributed by atoms with Crippen molar-refractivity contribution in [3.63, 3.8) is 0 Å². The number of aliphatic imine (C=N–C) groups is 1. The van der Waals surface area contributed by atoms with Crippen LogP contribution in [0, 0.1) is 6.92 Å². The average Bonchev–Trinajstić information content (AvgIpc) is 2.21. The molecule has 1 nitrogen and oxygen atoms in total. The molecule has 14 heavy (non-hydrogen) atoms. The molecule has 0 bridgehead atoms. The molecule has 1 aromatic carbocycles. The lowest BCUT2D eigenvalue weighted by molar-refractivity contribution is 1.17. The zero-order chi connectivity index (χ0) is 10.6. The van der Waals surface area contributed by atoms with Crippen molar-refractivity contribution in [1.29, 1.82) is 0 Å². The number of rotatable bonds is 3. The van der Waals surface area contributed by atoms with Gasteiger partial charge in [-0.25, -0.2) is 0 Å². The highest BCUT2D eigenvalue weighted by Crippen LogP contribution is 2.14. The molecule has 0 N–H and O–H groups in total. The van der Waals surface area contributed by atoms with Gasteiger partial charge in [-0.05, 0) is 24.5 Å². The zero-order valence-corrected chi connectivity index (χ0v) is 9.17. The summed E-state index contributed by atoms with van der Waals surface area (Å²) in [7, 11) is 1.82. The van der Waals surface area contributed by atoms with Crippen molar-refractivity contribution in [3.05, 3.63) is 47.5 Å².